The van der Waals surface area contributed by atoms with E-state index in [4.69, 9.17) is 5.73 Å². The van der Waals surface area contributed by atoms with Gasteiger partial charge < -0.3 is 11.1 Å². The fourth-order valence-electron chi connectivity index (χ4n) is 1.41. The highest BCUT2D eigenvalue weighted by molar-refractivity contribution is 5.50. The van der Waals surface area contributed by atoms with Crippen LogP contribution in [-0.2, 0) is 6.54 Å². The highest BCUT2D eigenvalue weighted by Gasteiger charge is 1.98. The summed E-state index contributed by atoms with van der Waals surface area (Å²) in [5.41, 5.74) is 8.66. The van der Waals surface area contributed by atoms with E-state index in [1.807, 2.05) is 18.2 Å². The predicted molar refractivity (Wildman–Crippen MR) is 65.0 cm³/mol. The molecule has 2 aromatic rings. The smallest absolute Gasteiger partial charge is 0.141 e. The lowest BCUT2D eigenvalue weighted by Crippen LogP contribution is -2.04. The molecule has 0 aliphatic carbocycles. The second kappa shape index (κ2) is 4.61. The molecule has 1 aromatic carbocycles. The minimum absolute atomic E-state index is 0.444. The molecule has 16 heavy (non-hydrogen) atoms. The lowest BCUT2D eigenvalue weighted by atomic mass is 10.2. The van der Waals surface area contributed by atoms with Gasteiger partial charge in [-0.1, -0.05) is 18.2 Å². The number of nitrogens with two attached hydrogens (primary N) is 1. The van der Waals surface area contributed by atoms with Gasteiger partial charge >= 0.3 is 0 Å². The maximum absolute atomic E-state index is 5.46. The lowest BCUT2D eigenvalue weighted by molar-refractivity contribution is 1.01. The Morgan fingerprint density at radius 2 is 2.00 bits per heavy atom. The van der Waals surface area contributed by atoms with Crippen LogP contribution < -0.4 is 11.1 Å². The summed E-state index contributed by atoms with van der Waals surface area (Å²) in [4.78, 5) is 8.16. The molecule has 0 fully saturated rings. The monoisotopic (exact) mass is 214 g/mol. The van der Waals surface area contributed by atoms with Crippen LogP contribution >= 0.6 is 0 Å². The molecule has 0 bridgehead atoms. The van der Waals surface area contributed by atoms with Crippen LogP contribution in [0.2, 0.25) is 0 Å². The van der Waals surface area contributed by atoms with Gasteiger partial charge in [-0.15, -0.1) is 0 Å². The Hall–Kier alpha value is -2.10. The molecule has 0 saturated heterocycles. The van der Waals surface area contributed by atoms with Crippen LogP contribution in [0.4, 0.5) is 11.5 Å². The first kappa shape index (κ1) is 10.4. The van der Waals surface area contributed by atoms with E-state index in [9.17, 15) is 0 Å². The molecule has 0 aliphatic heterocycles. The molecule has 0 radical (unpaired) electrons. The van der Waals surface area contributed by atoms with Crippen molar-refractivity contribution in [3.05, 3.63) is 47.9 Å². The first-order valence-corrected chi connectivity index (χ1v) is 5.11. The number of aryl methyl sites for hydroxylation is 1. The van der Waals surface area contributed by atoms with Gasteiger partial charge in [0.15, 0.2) is 0 Å². The highest BCUT2D eigenvalue weighted by atomic mass is 14.9. The van der Waals surface area contributed by atoms with Crippen molar-refractivity contribution in [2.75, 3.05) is 11.1 Å². The maximum Gasteiger partial charge on any atom is 0.141 e. The molecule has 0 spiro atoms. The summed E-state index contributed by atoms with van der Waals surface area (Å²) in [6, 6.07) is 8.13. The fraction of sp³-hybridized carbons (Fsp3) is 0.167. The van der Waals surface area contributed by atoms with E-state index in [0.29, 0.717) is 12.4 Å². The van der Waals surface area contributed by atoms with Crippen LogP contribution in [0.1, 0.15) is 11.3 Å². The first-order valence-electron chi connectivity index (χ1n) is 5.11. The van der Waals surface area contributed by atoms with E-state index in [2.05, 4.69) is 28.3 Å². The third-order valence-electron chi connectivity index (χ3n) is 2.33. The number of hydrogen-bond acceptors (Lipinski definition) is 4. The van der Waals surface area contributed by atoms with Gasteiger partial charge in [-0.3, -0.25) is 4.98 Å². The summed E-state index contributed by atoms with van der Waals surface area (Å²) in [6.45, 7) is 2.72. The molecule has 4 heteroatoms. The standard InChI is InChI=1S/C12H14N4/c1-9-4-2-3-5-11(9)15-6-10-7-16-12(13)8-14-10/h2-5,7-8,15H,6H2,1H3,(H2,13,16). The highest BCUT2D eigenvalue weighted by Crippen LogP contribution is 2.13. The van der Waals surface area contributed by atoms with Crippen LogP contribution in [0.25, 0.3) is 0 Å². The molecule has 1 aromatic heterocycles. The number of nitrogens with zero attached hydrogens (tertiary/aromatic N) is 2. The van der Waals surface area contributed by atoms with E-state index in [-0.39, 0.29) is 0 Å². The minimum Gasteiger partial charge on any atom is -0.382 e. The normalized spacial score (nSPS) is 10.1. The zero-order valence-corrected chi connectivity index (χ0v) is 9.14. The number of nitrogen functional groups attached to an aromatic ring is 1. The fourth-order valence-corrected chi connectivity index (χ4v) is 1.41. The van der Waals surface area contributed by atoms with Crippen molar-refractivity contribution in [2.45, 2.75) is 13.5 Å². The van der Waals surface area contributed by atoms with Gasteiger partial charge in [-0.25, -0.2) is 4.98 Å². The quantitative estimate of drug-likeness (QED) is 0.820. The van der Waals surface area contributed by atoms with Gasteiger partial charge in [-0.2, -0.15) is 0 Å². The summed E-state index contributed by atoms with van der Waals surface area (Å²) in [7, 11) is 0. The molecule has 0 unspecified atom stereocenters. The predicted octanol–water partition coefficient (Wildman–Crippen LogP) is 1.98. The van der Waals surface area contributed by atoms with Crippen molar-refractivity contribution in [3.8, 4) is 0 Å². The number of nitrogens with one attached hydrogen (secondary N) is 1. The van der Waals surface area contributed by atoms with Gasteiger partial charge in [0.2, 0.25) is 0 Å². The van der Waals surface area contributed by atoms with Gasteiger partial charge in [-0.05, 0) is 18.6 Å². The van der Waals surface area contributed by atoms with E-state index in [1.165, 1.54) is 5.56 Å². The summed E-state index contributed by atoms with van der Waals surface area (Å²) in [5.74, 6) is 0.444. The number of aromatic nitrogens is 2. The Kier molecular flexibility index (Phi) is 3.00. The van der Waals surface area contributed by atoms with Crippen LogP contribution in [-0.4, -0.2) is 9.97 Å². The zero-order valence-electron chi connectivity index (χ0n) is 9.14. The van der Waals surface area contributed by atoms with Gasteiger partial charge in [0.1, 0.15) is 5.82 Å². The Morgan fingerprint density at radius 3 is 2.69 bits per heavy atom. The molecular weight excluding hydrogens is 200 g/mol. The van der Waals surface area contributed by atoms with Crippen molar-refractivity contribution in [1.82, 2.24) is 9.97 Å². The summed E-state index contributed by atoms with van der Waals surface area (Å²) in [6.07, 6.45) is 3.25. The molecule has 0 atom stereocenters. The average molecular weight is 214 g/mol. The minimum atomic E-state index is 0.444. The number of rotatable bonds is 3. The molecule has 0 saturated carbocycles. The summed E-state index contributed by atoms with van der Waals surface area (Å²) >= 11 is 0. The average Bonchev–Trinajstić information content (AvgIpc) is 2.30. The molecule has 0 amide bonds. The van der Waals surface area contributed by atoms with E-state index < -0.39 is 0 Å². The van der Waals surface area contributed by atoms with Crippen molar-refractivity contribution in [3.63, 3.8) is 0 Å². The Bertz CT molecular complexity index is 465. The van der Waals surface area contributed by atoms with E-state index >= 15 is 0 Å². The SMILES string of the molecule is Cc1ccccc1NCc1cnc(N)cn1. The number of hydrogen-bond donors (Lipinski definition) is 2. The molecule has 0 aliphatic rings. The van der Waals surface area contributed by atoms with Crippen molar-refractivity contribution in [2.24, 2.45) is 0 Å². The van der Waals surface area contributed by atoms with Crippen LogP contribution in [0.5, 0.6) is 0 Å². The third-order valence-corrected chi connectivity index (χ3v) is 2.33. The number of benzene rings is 1. The van der Waals surface area contributed by atoms with Crippen molar-refractivity contribution in [1.29, 1.82) is 0 Å². The molecule has 1 heterocycles. The first-order chi connectivity index (χ1) is 7.75. The van der Waals surface area contributed by atoms with E-state index in [0.717, 1.165) is 11.4 Å². The van der Waals surface area contributed by atoms with Gasteiger partial charge in [0, 0.05) is 5.69 Å². The summed E-state index contributed by atoms with van der Waals surface area (Å²) < 4.78 is 0. The molecule has 4 nitrogen and oxygen atoms in total. The van der Waals surface area contributed by atoms with Crippen molar-refractivity contribution >= 4 is 11.5 Å². The van der Waals surface area contributed by atoms with Gasteiger partial charge in [0.05, 0.1) is 24.6 Å². The number of anilines is 2. The maximum atomic E-state index is 5.46. The topological polar surface area (TPSA) is 63.8 Å². The Balaban J connectivity index is 2.02. The second-order valence-electron chi connectivity index (χ2n) is 3.60. The Labute approximate surface area is 94.5 Å². The summed E-state index contributed by atoms with van der Waals surface area (Å²) in [5, 5.41) is 3.31. The van der Waals surface area contributed by atoms with E-state index in [1.54, 1.807) is 12.4 Å². The van der Waals surface area contributed by atoms with Crippen LogP contribution in [0.3, 0.4) is 0 Å². The Morgan fingerprint density at radius 1 is 1.19 bits per heavy atom. The molecule has 2 rings (SSSR count). The largest absolute Gasteiger partial charge is 0.382 e. The molecular formula is C12H14N4. The molecule has 3 N–H and O–H groups in total. The van der Waals surface area contributed by atoms with Crippen LogP contribution in [0.15, 0.2) is 36.7 Å². The van der Waals surface area contributed by atoms with Crippen LogP contribution in [0, 0.1) is 6.92 Å². The second-order valence-corrected chi connectivity index (χ2v) is 3.60. The number of para-hydroxylation sites is 1. The van der Waals surface area contributed by atoms with Crippen molar-refractivity contribution < 1.29 is 0 Å². The van der Waals surface area contributed by atoms with Gasteiger partial charge in [0.25, 0.3) is 0 Å². The third kappa shape index (κ3) is 2.48. The lowest BCUT2D eigenvalue weighted by Gasteiger charge is -2.08. The zero-order chi connectivity index (χ0) is 11.4. The molecule has 82 valence electrons.